The van der Waals surface area contributed by atoms with Crippen LogP contribution in [0.3, 0.4) is 0 Å². The number of carbonyl (C=O) groups is 2. The third kappa shape index (κ3) is 9.96. The van der Waals surface area contributed by atoms with E-state index in [0.717, 1.165) is 43.0 Å². The summed E-state index contributed by atoms with van der Waals surface area (Å²) < 4.78 is 59.1. The van der Waals surface area contributed by atoms with Gasteiger partial charge in [0, 0.05) is 34.3 Å². The summed E-state index contributed by atoms with van der Waals surface area (Å²) in [5.74, 6) is -0.454. The van der Waals surface area contributed by atoms with E-state index in [1.807, 2.05) is 0 Å². The molecule has 0 spiro atoms. The number of rotatable bonds is 11. The van der Waals surface area contributed by atoms with Gasteiger partial charge in [0.25, 0.3) is 0 Å². The van der Waals surface area contributed by atoms with Gasteiger partial charge in [-0.1, -0.05) is 11.6 Å². The Balaban J connectivity index is 0.000000500. The van der Waals surface area contributed by atoms with Gasteiger partial charge in [0.1, 0.15) is 11.9 Å². The van der Waals surface area contributed by atoms with Crippen LogP contribution >= 0.6 is 23.4 Å². The minimum Gasteiger partial charge on any atom is -0.497 e. The summed E-state index contributed by atoms with van der Waals surface area (Å²) in [7, 11) is 1.52. The van der Waals surface area contributed by atoms with E-state index in [1.54, 1.807) is 18.2 Å². The number of aromatic nitrogens is 1. The van der Waals surface area contributed by atoms with Crippen molar-refractivity contribution in [3.05, 3.63) is 64.8 Å². The van der Waals surface area contributed by atoms with Crippen molar-refractivity contribution in [2.75, 3.05) is 45.6 Å². The molecule has 2 aliphatic heterocycles. The minimum atomic E-state index is -4.36. The number of carboxylic acids is 2. The van der Waals surface area contributed by atoms with Gasteiger partial charge in [0.2, 0.25) is 0 Å². The van der Waals surface area contributed by atoms with E-state index in [2.05, 4.69) is 15.2 Å². The molecular weight excluding hydrogens is 674 g/mol. The number of ether oxygens (including phenoxy) is 1. The molecule has 2 fully saturated rings. The Labute approximate surface area is 286 Å². The largest absolute Gasteiger partial charge is 0.497 e. The fraction of sp³-hybridized carbons (Fsp3) is 0.500. The zero-order chi connectivity index (χ0) is 34.9. The number of carboxylic acid groups (broad SMARTS) is 2. The first-order valence-electron chi connectivity index (χ1n) is 15.8. The molecule has 48 heavy (non-hydrogen) atoms. The van der Waals surface area contributed by atoms with Gasteiger partial charge < -0.3 is 25.2 Å². The second-order valence-electron chi connectivity index (χ2n) is 12.1. The highest BCUT2D eigenvalue weighted by atomic mass is 35.5. The molecule has 2 saturated heterocycles. The maximum atomic E-state index is 15.6. The Morgan fingerprint density at radius 1 is 1.12 bits per heavy atom. The van der Waals surface area contributed by atoms with Crippen molar-refractivity contribution in [1.29, 1.82) is 0 Å². The number of halogens is 5. The smallest absolute Gasteiger partial charge is 0.416 e. The number of pyridine rings is 1. The van der Waals surface area contributed by atoms with Crippen molar-refractivity contribution in [2.45, 2.75) is 55.8 Å². The number of hydrogen-bond donors (Lipinski definition) is 3. The molecule has 2 aliphatic rings. The predicted molar refractivity (Wildman–Crippen MR) is 178 cm³/mol. The number of hydrogen-bond acceptors (Lipinski definition) is 7. The number of nitrogens with zero attached hydrogens (tertiary/aromatic N) is 2. The van der Waals surface area contributed by atoms with Crippen LogP contribution in [-0.2, 0) is 15.8 Å². The van der Waals surface area contributed by atoms with Crippen LogP contribution in [0.15, 0.2) is 53.6 Å². The van der Waals surface area contributed by atoms with Crippen LogP contribution in [0.4, 0.5) is 17.6 Å². The molecule has 14 heteroatoms. The summed E-state index contributed by atoms with van der Waals surface area (Å²) in [4.78, 5) is 29.8. The van der Waals surface area contributed by atoms with Gasteiger partial charge in [-0.3, -0.25) is 14.6 Å². The van der Waals surface area contributed by atoms with Crippen molar-refractivity contribution < 1.29 is 42.1 Å². The number of aliphatic carboxylic acids is 2. The lowest BCUT2D eigenvalue weighted by Crippen LogP contribution is -2.45. The van der Waals surface area contributed by atoms with E-state index in [4.69, 9.17) is 21.4 Å². The van der Waals surface area contributed by atoms with Gasteiger partial charge in [-0.25, -0.2) is 4.39 Å². The highest BCUT2D eigenvalue weighted by molar-refractivity contribution is 7.99. The number of alkyl halides is 4. The fourth-order valence-corrected chi connectivity index (χ4v) is 7.22. The summed E-state index contributed by atoms with van der Waals surface area (Å²) in [6.07, 6.45) is -1.89. The van der Waals surface area contributed by atoms with E-state index >= 15 is 4.39 Å². The quantitative estimate of drug-likeness (QED) is 0.136. The van der Waals surface area contributed by atoms with E-state index in [1.165, 1.54) is 37.2 Å². The van der Waals surface area contributed by atoms with Crippen LogP contribution in [0.1, 0.15) is 55.8 Å². The zero-order valence-electron chi connectivity index (χ0n) is 26.6. The molecule has 3 heterocycles. The van der Waals surface area contributed by atoms with Gasteiger partial charge in [-0.2, -0.15) is 13.2 Å². The van der Waals surface area contributed by atoms with Crippen LogP contribution < -0.4 is 10.1 Å². The van der Waals surface area contributed by atoms with Gasteiger partial charge in [0.15, 0.2) is 0 Å². The van der Waals surface area contributed by atoms with Crippen molar-refractivity contribution in [3.63, 3.8) is 0 Å². The van der Waals surface area contributed by atoms with Crippen LogP contribution in [0, 0.1) is 11.3 Å². The number of nitrogens with one attached hydrogen (secondary N) is 1. The van der Waals surface area contributed by atoms with Crippen LogP contribution in [0.25, 0.3) is 10.9 Å². The van der Waals surface area contributed by atoms with E-state index < -0.39 is 35.3 Å². The summed E-state index contributed by atoms with van der Waals surface area (Å²) in [5, 5.41) is 22.4. The Morgan fingerprint density at radius 3 is 2.35 bits per heavy atom. The fourth-order valence-electron chi connectivity index (χ4n) is 6.04. The van der Waals surface area contributed by atoms with Gasteiger partial charge in [-0.05, 0) is 107 Å². The average molecular weight is 714 g/mol. The van der Waals surface area contributed by atoms with Crippen molar-refractivity contribution in [2.24, 2.45) is 11.3 Å². The number of fused-ring (bicyclic) bond motifs is 1. The molecule has 3 N–H and O–H groups in total. The van der Waals surface area contributed by atoms with Gasteiger partial charge in [0.05, 0.1) is 34.5 Å². The molecule has 262 valence electrons. The highest BCUT2D eigenvalue weighted by Crippen LogP contribution is 2.42. The second-order valence-corrected chi connectivity index (χ2v) is 13.6. The molecular formula is C34H40ClF4N3O5S. The standard InChI is InChI=1S/C28H29ClF4N2O3S.C6H11NO2/c1-38-19-4-7-24-21(16-19)25(22(29)17-34-24)23(30)8-9-27(26(36)37)10-12-35(13-11-27)14-15-39-20-5-2-18(3-6-20)28(31,32)33;8-6(9)5-1-3-7-4-2-5/h2-7,16-17,23H,8-15H2,1H3,(H,36,37);5,7H,1-4H2,(H,8,9). The molecule has 0 aliphatic carbocycles. The first-order valence-corrected chi connectivity index (χ1v) is 17.1. The molecule has 3 aromatic rings. The lowest BCUT2D eigenvalue weighted by atomic mass is 9.74. The zero-order valence-corrected chi connectivity index (χ0v) is 28.1. The van der Waals surface area contributed by atoms with Crippen molar-refractivity contribution >= 4 is 46.2 Å². The molecule has 0 amide bonds. The molecule has 0 bridgehead atoms. The molecule has 2 aromatic carbocycles. The normalized spacial score (nSPS) is 17.7. The van der Waals surface area contributed by atoms with Crippen LogP contribution in [-0.4, -0.2) is 77.6 Å². The summed E-state index contributed by atoms with van der Waals surface area (Å²) in [6, 6.07) is 10.2. The highest BCUT2D eigenvalue weighted by Gasteiger charge is 2.42. The lowest BCUT2D eigenvalue weighted by molar-refractivity contribution is -0.153. The van der Waals surface area contributed by atoms with Crippen molar-refractivity contribution in [1.82, 2.24) is 15.2 Å². The third-order valence-corrected chi connectivity index (χ3v) is 10.4. The van der Waals surface area contributed by atoms with Gasteiger partial charge >= 0.3 is 18.1 Å². The maximum Gasteiger partial charge on any atom is 0.416 e. The Hall–Kier alpha value is -3.13. The monoisotopic (exact) mass is 713 g/mol. The average Bonchev–Trinajstić information content (AvgIpc) is 3.08. The van der Waals surface area contributed by atoms with E-state index in [0.29, 0.717) is 60.4 Å². The minimum absolute atomic E-state index is 0.00607. The molecule has 1 aromatic heterocycles. The molecule has 1 atom stereocenters. The second kappa shape index (κ2) is 17.0. The molecule has 0 radical (unpaired) electrons. The Morgan fingerprint density at radius 2 is 1.79 bits per heavy atom. The SMILES string of the molecule is COc1ccc2ncc(Cl)c(C(F)CCC3(C(=O)O)CCN(CCSc4ccc(C(F)(F)F)cc4)CC3)c2c1.O=C(O)C1CCNCC1. The summed E-state index contributed by atoms with van der Waals surface area (Å²) in [5.41, 5.74) is -0.844. The first-order chi connectivity index (χ1) is 22.8. The molecule has 1 unspecified atom stereocenters. The number of piperidine rings is 2. The van der Waals surface area contributed by atoms with E-state index in [9.17, 15) is 27.9 Å². The topological polar surface area (TPSA) is 112 Å². The molecule has 8 nitrogen and oxygen atoms in total. The Kier molecular flexibility index (Phi) is 13.3. The number of benzene rings is 2. The van der Waals surface area contributed by atoms with Gasteiger partial charge in [-0.15, -0.1) is 11.8 Å². The van der Waals surface area contributed by atoms with E-state index in [-0.39, 0.29) is 23.8 Å². The van der Waals surface area contributed by atoms with Crippen LogP contribution in [0.2, 0.25) is 5.02 Å². The number of likely N-dealkylation sites (tertiary alicyclic amines) is 1. The predicted octanol–water partition coefficient (Wildman–Crippen LogP) is 7.74. The number of thioether (sulfide) groups is 1. The lowest BCUT2D eigenvalue weighted by Gasteiger charge is -2.39. The molecule has 0 saturated carbocycles. The maximum absolute atomic E-state index is 15.6. The van der Waals surface area contributed by atoms with Crippen LogP contribution in [0.5, 0.6) is 5.75 Å². The molecule has 5 rings (SSSR count). The summed E-state index contributed by atoms with van der Waals surface area (Å²) in [6.45, 7) is 3.49. The Bertz CT molecular complexity index is 1530. The first kappa shape index (κ1) is 37.7. The van der Waals surface area contributed by atoms with Crippen molar-refractivity contribution in [3.8, 4) is 5.75 Å². The third-order valence-electron chi connectivity index (χ3n) is 9.07. The number of methoxy groups -OCH3 is 1. The summed E-state index contributed by atoms with van der Waals surface area (Å²) >= 11 is 7.79.